The Labute approximate surface area is 100.0 Å². The lowest BCUT2D eigenvalue weighted by molar-refractivity contribution is -0.116. The SMILES string of the molecule is O=C1CCc2ccc(OCCCCF)cc2N1. The molecule has 4 heteroatoms. The number of alkyl halides is 1. The number of rotatable bonds is 5. The molecule has 1 aliphatic heterocycles. The summed E-state index contributed by atoms with van der Waals surface area (Å²) in [7, 11) is 0. The third-order valence-electron chi connectivity index (χ3n) is 2.77. The van der Waals surface area contributed by atoms with Crippen LogP contribution in [0.4, 0.5) is 10.1 Å². The highest BCUT2D eigenvalue weighted by molar-refractivity contribution is 5.94. The number of carbonyl (C=O) groups is 1. The molecule has 0 bridgehead atoms. The van der Waals surface area contributed by atoms with E-state index in [0.29, 0.717) is 25.9 Å². The second-order valence-electron chi connectivity index (χ2n) is 4.11. The van der Waals surface area contributed by atoms with E-state index in [9.17, 15) is 9.18 Å². The smallest absolute Gasteiger partial charge is 0.224 e. The van der Waals surface area contributed by atoms with E-state index in [-0.39, 0.29) is 12.6 Å². The zero-order valence-corrected chi connectivity index (χ0v) is 9.67. The first kappa shape index (κ1) is 11.9. The molecular formula is C13H16FNO2. The first-order valence-electron chi connectivity index (χ1n) is 5.91. The number of unbranched alkanes of at least 4 members (excludes halogenated alkanes) is 1. The summed E-state index contributed by atoms with van der Waals surface area (Å²) in [6.07, 6.45) is 2.56. The number of ether oxygens (including phenoxy) is 1. The van der Waals surface area contributed by atoms with Gasteiger partial charge in [-0.15, -0.1) is 0 Å². The highest BCUT2D eigenvalue weighted by Gasteiger charge is 2.14. The number of benzene rings is 1. The van der Waals surface area contributed by atoms with Gasteiger partial charge in [0.15, 0.2) is 0 Å². The topological polar surface area (TPSA) is 38.3 Å². The van der Waals surface area contributed by atoms with Gasteiger partial charge in [0.05, 0.1) is 13.3 Å². The van der Waals surface area contributed by atoms with Crippen molar-refractivity contribution in [3.05, 3.63) is 23.8 Å². The third-order valence-corrected chi connectivity index (χ3v) is 2.77. The van der Waals surface area contributed by atoms with Crippen molar-refractivity contribution in [3.63, 3.8) is 0 Å². The summed E-state index contributed by atoms with van der Waals surface area (Å²) < 4.78 is 17.4. The molecule has 0 saturated carbocycles. The molecule has 3 nitrogen and oxygen atoms in total. The second kappa shape index (κ2) is 5.66. The van der Waals surface area contributed by atoms with Crippen LogP contribution in [-0.4, -0.2) is 19.2 Å². The van der Waals surface area contributed by atoms with Crippen LogP contribution in [-0.2, 0) is 11.2 Å². The normalized spacial score (nSPS) is 14.1. The highest BCUT2D eigenvalue weighted by atomic mass is 19.1. The lowest BCUT2D eigenvalue weighted by Crippen LogP contribution is -2.18. The maximum Gasteiger partial charge on any atom is 0.224 e. The van der Waals surface area contributed by atoms with E-state index in [0.717, 1.165) is 23.4 Å². The molecule has 0 aliphatic carbocycles. The van der Waals surface area contributed by atoms with Crippen LogP contribution in [0.15, 0.2) is 18.2 Å². The minimum absolute atomic E-state index is 0.0482. The number of anilines is 1. The van der Waals surface area contributed by atoms with Gasteiger partial charge >= 0.3 is 0 Å². The standard InChI is InChI=1S/C13H16FNO2/c14-7-1-2-8-17-11-5-3-10-4-6-13(16)15-12(10)9-11/h3,5,9H,1-2,4,6-8H2,(H,15,16). The number of fused-ring (bicyclic) bond motifs is 1. The molecule has 0 aromatic heterocycles. The van der Waals surface area contributed by atoms with E-state index in [1.165, 1.54) is 0 Å². The molecule has 92 valence electrons. The number of hydrogen-bond acceptors (Lipinski definition) is 2. The number of nitrogens with one attached hydrogen (secondary N) is 1. The Morgan fingerprint density at radius 2 is 2.18 bits per heavy atom. The van der Waals surface area contributed by atoms with Gasteiger partial charge in [-0.2, -0.15) is 0 Å². The van der Waals surface area contributed by atoms with Crippen molar-refractivity contribution in [3.8, 4) is 5.75 Å². The van der Waals surface area contributed by atoms with Crippen molar-refractivity contribution in [1.29, 1.82) is 0 Å². The minimum Gasteiger partial charge on any atom is -0.494 e. The van der Waals surface area contributed by atoms with Crippen LogP contribution in [0, 0.1) is 0 Å². The van der Waals surface area contributed by atoms with Gasteiger partial charge in [-0.1, -0.05) is 6.07 Å². The van der Waals surface area contributed by atoms with Gasteiger partial charge in [-0.3, -0.25) is 9.18 Å². The quantitative estimate of drug-likeness (QED) is 0.799. The Bertz CT molecular complexity index is 406. The molecule has 1 aliphatic rings. The lowest BCUT2D eigenvalue weighted by Gasteiger charge is -2.17. The molecule has 1 heterocycles. The van der Waals surface area contributed by atoms with Crippen LogP contribution in [0.2, 0.25) is 0 Å². The minimum atomic E-state index is -0.302. The Kier molecular flexibility index (Phi) is 3.96. The van der Waals surface area contributed by atoms with Crippen LogP contribution >= 0.6 is 0 Å². The number of amides is 1. The summed E-state index contributed by atoms with van der Waals surface area (Å²) in [5, 5.41) is 2.82. The van der Waals surface area contributed by atoms with Crippen molar-refractivity contribution in [2.24, 2.45) is 0 Å². The van der Waals surface area contributed by atoms with Crippen molar-refractivity contribution in [2.75, 3.05) is 18.6 Å². The molecule has 17 heavy (non-hydrogen) atoms. The van der Waals surface area contributed by atoms with Gasteiger partial charge in [0.2, 0.25) is 5.91 Å². The zero-order valence-electron chi connectivity index (χ0n) is 9.67. The van der Waals surface area contributed by atoms with Gasteiger partial charge in [-0.25, -0.2) is 0 Å². The van der Waals surface area contributed by atoms with Crippen LogP contribution < -0.4 is 10.1 Å². The predicted octanol–water partition coefficient (Wildman–Crippen LogP) is 2.70. The van der Waals surface area contributed by atoms with E-state index in [1.54, 1.807) is 0 Å². The van der Waals surface area contributed by atoms with Gasteiger partial charge in [0, 0.05) is 18.2 Å². The van der Waals surface area contributed by atoms with Crippen LogP contribution in [0.1, 0.15) is 24.8 Å². The van der Waals surface area contributed by atoms with E-state index in [1.807, 2.05) is 18.2 Å². The third kappa shape index (κ3) is 3.19. The van der Waals surface area contributed by atoms with Gasteiger partial charge in [0.25, 0.3) is 0 Å². The molecular weight excluding hydrogens is 221 g/mol. The molecule has 1 aromatic carbocycles. The predicted molar refractivity (Wildman–Crippen MR) is 64.1 cm³/mol. The average Bonchev–Trinajstić information content (AvgIpc) is 2.34. The monoisotopic (exact) mass is 237 g/mol. The molecule has 1 aromatic rings. The Balaban J connectivity index is 1.95. The van der Waals surface area contributed by atoms with Crippen molar-refractivity contribution < 1.29 is 13.9 Å². The van der Waals surface area contributed by atoms with Crippen molar-refractivity contribution in [1.82, 2.24) is 0 Å². The molecule has 0 unspecified atom stereocenters. The van der Waals surface area contributed by atoms with Crippen molar-refractivity contribution >= 4 is 11.6 Å². The highest BCUT2D eigenvalue weighted by Crippen LogP contribution is 2.27. The first-order valence-corrected chi connectivity index (χ1v) is 5.91. The summed E-state index contributed by atoms with van der Waals surface area (Å²) >= 11 is 0. The number of carbonyl (C=O) groups excluding carboxylic acids is 1. The zero-order chi connectivity index (χ0) is 12.1. The molecule has 1 N–H and O–H groups in total. The Morgan fingerprint density at radius 3 is 3.00 bits per heavy atom. The van der Waals surface area contributed by atoms with Crippen LogP contribution in [0.3, 0.4) is 0 Å². The Morgan fingerprint density at radius 1 is 1.29 bits per heavy atom. The van der Waals surface area contributed by atoms with Crippen molar-refractivity contribution in [2.45, 2.75) is 25.7 Å². The van der Waals surface area contributed by atoms with Crippen LogP contribution in [0.25, 0.3) is 0 Å². The second-order valence-corrected chi connectivity index (χ2v) is 4.11. The summed E-state index contributed by atoms with van der Waals surface area (Å²) in [6.45, 7) is 0.209. The lowest BCUT2D eigenvalue weighted by atomic mass is 10.0. The molecule has 0 atom stereocenters. The summed E-state index contributed by atoms with van der Waals surface area (Å²) in [6, 6.07) is 5.70. The molecule has 1 amide bonds. The average molecular weight is 237 g/mol. The van der Waals surface area contributed by atoms with E-state index < -0.39 is 0 Å². The maximum absolute atomic E-state index is 11.9. The molecule has 0 spiro atoms. The van der Waals surface area contributed by atoms with Gasteiger partial charge in [-0.05, 0) is 30.9 Å². The number of aryl methyl sites for hydroxylation is 1. The largest absolute Gasteiger partial charge is 0.494 e. The molecule has 0 saturated heterocycles. The first-order chi connectivity index (χ1) is 8.29. The molecule has 0 radical (unpaired) electrons. The molecule has 2 rings (SSSR count). The number of halogens is 1. The van der Waals surface area contributed by atoms with Gasteiger partial charge < -0.3 is 10.1 Å². The van der Waals surface area contributed by atoms with Gasteiger partial charge in [0.1, 0.15) is 5.75 Å². The van der Waals surface area contributed by atoms with E-state index >= 15 is 0 Å². The summed E-state index contributed by atoms with van der Waals surface area (Å²) in [5.41, 5.74) is 1.98. The fraction of sp³-hybridized carbons (Fsp3) is 0.462. The number of hydrogen-bond donors (Lipinski definition) is 1. The summed E-state index contributed by atoms with van der Waals surface area (Å²) in [4.78, 5) is 11.2. The fourth-order valence-electron chi connectivity index (χ4n) is 1.83. The van der Waals surface area contributed by atoms with E-state index in [4.69, 9.17) is 4.74 Å². The fourth-order valence-corrected chi connectivity index (χ4v) is 1.83. The molecule has 0 fully saturated rings. The van der Waals surface area contributed by atoms with Crippen LogP contribution in [0.5, 0.6) is 5.75 Å². The van der Waals surface area contributed by atoms with E-state index in [2.05, 4.69) is 5.32 Å². The summed E-state index contributed by atoms with van der Waals surface area (Å²) in [5.74, 6) is 0.775. The Hall–Kier alpha value is -1.58. The maximum atomic E-state index is 11.9.